The molecule has 3 unspecified atom stereocenters. The first-order valence-corrected chi connectivity index (χ1v) is 6.70. The maximum absolute atomic E-state index is 9.75. The van der Waals surface area contributed by atoms with Crippen LogP contribution in [0, 0.1) is 5.92 Å². The maximum Gasteiger partial charge on any atom is 0.101 e. The van der Waals surface area contributed by atoms with Crippen LogP contribution >= 0.6 is 0 Å². The fourth-order valence-electron chi connectivity index (χ4n) is 2.41. The zero-order chi connectivity index (χ0) is 13.4. The smallest absolute Gasteiger partial charge is 0.101 e. The van der Waals surface area contributed by atoms with Crippen LogP contribution in [0.5, 0.6) is 0 Å². The molecular formula is C13H27NO4. The van der Waals surface area contributed by atoms with Crippen molar-refractivity contribution >= 4 is 0 Å². The van der Waals surface area contributed by atoms with E-state index in [0.29, 0.717) is 25.7 Å². The molecule has 3 atom stereocenters. The van der Waals surface area contributed by atoms with E-state index >= 15 is 0 Å². The minimum atomic E-state index is -0.596. The summed E-state index contributed by atoms with van der Waals surface area (Å²) in [5, 5.41) is 9.75. The molecule has 0 aromatic rings. The zero-order valence-corrected chi connectivity index (χ0v) is 11.6. The molecule has 1 rings (SSSR count). The minimum Gasteiger partial charge on any atom is -0.388 e. The molecule has 1 fully saturated rings. The first-order chi connectivity index (χ1) is 8.62. The molecule has 1 aliphatic rings. The number of methoxy groups -OCH3 is 1. The van der Waals surface area contributed by atoms with Crippen molar-refractivity contribution in [3.05, 3.63) is 0 Å². The highest BCUT2D eigenvalue weighted by Crippen LogP contribution is 2.36. The Morgan fingerprint density at radius 2 is 2.17 bits per heavy atom. The van der Waals surface area contributed by atoms with E-state index in [-0.39, 0.29) is 18.8 Å². The first kappa shape index (κ1) is 15.9. The van der Waals surface area contributed by atoms with Crippen molar-refractivity contribution in [1.82, 2.24) is 0 Å². The van der Waals surface area contributed by atoms with E-state index in [2.05, 4.69) is 6.92 Å². The van der Waals surface area contributed by atoms with Crippen molar-refractivity contribution in [2.45, 2.75) is 37.9 Å². The van der Waals surface area contributed by atoms with E-state index in [9.17, 15) is 5.11 Å². The standard InChI is InChI=1S/C13H27NO4/c1-11-3-4-13(7-11,10-14)18-9-12(15)8-17-6-5-16-2/h11-12,15H,3-10,14H2,1-2H3. The van der Waals surface area contributed by atoms with E-state index in [1.165, 1.54) is 0 Å². The highest BCUT2D eigenvalue weighted by Gasteiger charge is 2.37. The van der Waals surface area contributed by atoms with Crippen molar-refractivity contribution in [3.8, 4) is 0 Å². The predicted octanol–water partition coefficient (Wildman–Crippen LogP) is 0.544. The third-order valence-corrected chi connectivity index (χ3v) is 3.51. The molecule has 1 saturated carbocycles. The number of rotatable bonds is 9. The Hall–Kier alpha value is -0.200. The number of hydrogen-bond acceptors (Lipinski definition) is 5. The van der Waals surface area contributed by atoms with Gasteiger partial charge in [-0.1, -0.05) is 6.92 Å². The molecule has 0 aliphatic heterocycles. The number of hydrogen-bond donors (Lipinski definition) is 2. The van der Waals surface area contributed by atoms with Crippen molar-refractivity contribution < 1.29 is 19.3 Å². The van der Waals surface area contributed by atoms with Gasteiger partial charge < -0.3 is 25.1 Å². The van der Waals surface area contributed by atoms with Crippen LogP contribution in [0.3, 0.4) is 0 Å². The van der Waals surface area contributed by atoms with Crippen molar-refractivity contribution in [3.63, 3.8) is 0 Å². The predicted molar refractivity (Wildman–Crippen MR) is 69.5 cm³/mol. The topological polar surface area (TPSA) is 73.9 Å². The molecule has 5 nitrogen and oxygen atoms in total. The Morgan fingerprint density at radius 1 is 1.39 bits per heavy atom. The summed E-state index contributed by atoms with van der Waals surface area (Å²) < 4.78 is 16.0. The van der Waals surface area contributed by atoms with E-state index in [0.717, 1.165) is 19.3 Å². The lowest BCUT2D eigenvalue weighted by Crippen LogP contribution is -2.41. The van der Waals surface area contributed by atoms with Crippen LogP contribution in [0.2, 0.25) is 0 Å². The maximum atomic E-state index is 9.75. The second-order valence-corrected chi connectivity index (χ2v) is 5.27. The van der Waals surface area contributed by atoms with Crippen LogP contribution in [0.25, 0.3) is 0 Å². The number of nitrogens with two attached hydrogens (primary N) is 1. The Kier molecular flexibility index (Phi) is 7.11. The monoisotopic (exact) mass is 261 g/mol. The number of aliphatic hydroxyl groups is 1. The first-order valence-electron chi connectivity index (χ1n) is 6.70. The summed E-state index contributed by atoms with van der Waals surface area (Å²) in [5.74, 6) is 0.656. The van der Waals surface area contributed by atoms with E-state index in [1.54, 1.807) is 7.11 Å². The largest absolute Gasteiger partial charge is 0.388 e. The molecule has 18 heavy (non-hydrogen) atoms. The Balaban J connectivity index is 2.18. The summed E-state index contributed by atoms with van der Waals surface area (Å²) >= 11 is 0. The highest BCUT2D eigenvalue weighted by atomic mass is 16.5. The average Bonchev–Trinajstić information content (AvgIpc) is 2.75. The third-order valence-electron chi connectivity index (χ3n) is 3.51. The van der Waals surface area contributed by atoms with Crippen LogP contribution in [0.1, 0.15) is 26.2 Å². The van der Waals surface area contributed by atoms with Crippen molar-refractivity contribution in [2.24, 2.45) is 11.7 Å². The summed E-state index contributed by atoms with van der Waals surface area (Å²) in [7, 11) is 1.62. The minimum absolute atomic E-state index is 0.229. The molecule has 0 aromatic heterocycles. The van der Waals surface area contributed by atoms with Gasteiger partial charge in [0.2, 0.25) is 0 Å². The fraction of sp³-hybridized carbons (Fsp3) is 1.00. The summed E-state index contributed by atoms with van der Waals surface area (Å²) in [5.41, 5.74) is 5.57. The van der Waals surface area contributed by atoms with Gasteiger partial charge in [-0.05, 0) is 25.2 Å². The van der Waals surface area contributed by atoms with Crippen molar-refractivity contribution in [1.29, 1.82) is 0 Å². The molecule has 5 heteroatoms. The lowest BCUT2D eigenvalue weighted by atomic mass is 10.0. The summed E-state index contributed by atoms with van der Waals surface area (Å²) in [6.45, 7) is 4.33. The fourth-order valence-corrected chi connectivity index (χ4v) is 2.41. The van der Waals surface area contributed by atoms with Crippen LogP contribution in [-0.2, 0) is 14.2 Å². The molecule has 0 bridgehead atoms. The Labute approximate surface area is 110 Å². The molecule has 0 saturated heterocycles. The molecular weight excluding hydrogens is 234 g/mol. The van der Waals surface area contributed by atoms with E-state index in [1.807, 2.05) is 0 Å². The van der Waals surface area contributed by atoms with Crippen LogP contribution in [0.15, 0.2) is 0 Å². The van der Waals surface area contributed by atoms with Gasteiger partial charge in [0, 0.05) is 13.7 Å². The Morgan fingerprint density at radius 3 is 2.72 bits per heavy atom. The average molecular weight is 261 g/mol. The Bertz CT molecular complexity index is 227. The molecule has 108 valence electrons. The van der Waals surface area contributed by atoms with Gasteiger partial charge in [0.1, 0.15) is 6.10 Å². The lowest BCUT2D eigenvalue weighted by molar-refractivity contribution is -0.0914. The molecule has 1 aliphatic carbocycles. The van der Waals surface area contributed by atoms with Crippen LogP contribution < -0.4 is 5.73 Å². The van der Waals surface area contributed by atoms with E-state index < -0.39 is 6.10 Å². The second kappa shape index (κ2) is 8.07. The van der Waals surface area contributed by atoms with Gasteiger partial charge in [-0.2, -0.15) is 0 Å². The van der Waals surface area contributed by atoms with Gasteiger partial charge in [-0.3, -0.25) is 0 Å². The van der Waals surface area contributed by atoms with Crippen molar-refractivity contribution in [2.75, 3.05) is 40.1 Å². The molecule has 3 N–H and O–H groups in total. The summed E-state index contributed by atoms with van der Waals surface area (Å²) in [6.07, 6.45) is 2.53. The molecule has 0 heterocycles. The molecule has 0 aromatic carbocycles. The normalized spacial score (nSPS) is 29.7. The molecule has 0 radical (unpaired) electrons. The summed E-state index contributed by atoms with van der Waals surface area (Å²) in [4.78, 5) is 0. The highest BCUT2D eigenvalue weighted by molar-refractivity contribution is 4.90. The zero-order valence-electron chi connectivity index (χ0n) is 11.6. The lowest BCUT2D eigenvalue weighted by Gasteiger charge is -2.29. The SMILES string of the molecule is COCCOCC(O)COC1(CN)CCC(C)C1. The van der Waals surface area contributed by atoms with Crippen LogP contribution in [-0.4, -0.2) is 56.9 Å². The van der Waals surface area contributed by atoms with Gasteiger partial charge in [-0.15, -0.1) is 0 Å². The third kappa shape index (κ3) is 5.20. The quantitative estimate of drug-likeness (QED) is 0.593. The van der Waals surface area contributed by atoms with Gasteiger partial charge >= 0.3 is 0 Å². The van der Waals surface area contributed by atoms with Gasteiger partial charge in [0.05, 0.1) is 32.0 Å². The van der Waals surface area contributed by atoms with Gasteiger partial charge in [0.25, 0.3) is 0 Å². The van der Waals surface area contributed by atoms with Gasteiger partial charge in [0.15, 0.2) is 0 Å². The molecule has 0 spiro atoms. The number of ether oxygens (including phenoxy) is 3. The van der Waals surface area contributed by atoms with Gasteiger partial charge in [-0.25, -0.2) is 0 Å². The molecule has 0 amide bonds. The second-order valence-electron chi connectivity index (χ2n) is 5.27. The van der Waals surface area contributed by atoms with Crippen LogP contribution in [0.4, 0.5) is 0 Å². The number of aliphatic hydroxyl groups excluding tert-OH is 1. The summed E-state index contributed by atoms with van der Waals surface area (Å²) in [6, 6.07) is 0. The van der Waals surface area contributed by atoms with E-state index in [4.69, 9.17) is 19.9 Å².